The van der Waals surface area contributed by atoms with Gasteiger partial charge in [0.1, 0.15) is 0 Å². The largest absolute Gasteiger partial charge is 0.416 e. The van der Waals surface area contributed by atoms with Crippen molar-refractivity contribution in [3.8, 4) is 0 Å². The molecule has 0 N–H and O–H groups in total. The molecule has 0 nitrogen and oxygen atoms in total. The molecule has 1 aliphatic rings. The van der Waals surface area contributed by atoms with Crippen molar-refractivity contribution >= 4 is 5.57 Å². The molecule has 0 amide bonds. The Bertz CT molecular complexity index is 562. The number of alkyl halides is 3. The Morgan fingerprint density at radius 1 is 0.917 bits per heavy atom. The van der Waals surface area contributed by atoms with Crippen LogP contribution in [-0.2, 0) is 6.42 Å². The van der Waals surface area contributed by atoms with Crippen LogP contribution in [0.4, 0.5) is 13.2 Å². The molecular weight excluding hydrogens is 309 g/mol. The summed E-state index contributed by atoms with van der Waals surface area (Å²) in [7, 11) is 0. The molecule has 0 atom stereocenters. The van der Waals surface area contributed by atoms with Crippen LogP contribution in [0.15, 0.2) is 42.0 Å². The van der Waals surface area contributed by atoms with E-state index in [1.54, 1.807) is 0 Å². The number of halogens is 3. The van der Waals surface area contributed by atoms with Crippen molar-refractivity contribution in [3.63, 3.8) is 0 Å². The molecule has 131 valence electrons. The predicted molar refractivity (Wildman–Crippen MR) is 94.6 cm³/mol. The lowest BCUT2D eigenvalue weighted by atomic mass is 9.92. The Balaban J connectivity index is 1.88. The Hall–Kier alpha value is -1.51. The van der Waals surface area contributed by atoms with Gasteiger partial charge in [-0.3, -0.25) is 0 Å². The number of rotatable bonds is 8. The highest BCUT2D eigenvalue weighted by Gasteiger charge is 2.33. The minimum Gasteiger partial charge on any atom is -0.166 e. The molecule has 0 unspecified atom stereocenters. The third-order valence-electron chi connectivity index (χ3n) is 4.42. The van der Waals surface area contributed by atoms with Gasteiger partial charge < -0.3 is 0 Å². The van der Waals surface area contributed by atoms with Gasteiger partial charge in [0.25, 0.3) is 0 Å². The fourth-order valence-electron chi connectivity index (χ4n) is 2.97. The molecule has 24 heavy (non-hydrogen) atoms. The lowest BCUT2D eigenvalue weighted by Gasteiger charge is -2.16. The van der Waals surface area contributed by atoms with Crippen LogP contribution in [-0.4, -0.2) is 6.18 Å². The van der Waals surface area contributed by atoms with Crippen LogP contribution in [0.3, 0.4) is 0 Å². The summed E-state index contributed by atoms with van der Waals surface area (Å²) >= 11 is 0. The molecule has 0 aromatic heterocycles. The van der Waals surface area contributed by atoms with Gasteiger partial charge in [-0.2, -0.15) is 13.2 Å². The summed E-state index contributed by atoms with van der Waals surface area (Å²) < 4.78 is 38.5. The second-order valence-electron chi connectivity index (χ2n) is 6.41. The van der Waals surface area contributed by atoms with Gasteiger partial charge in [0.2, 0.25) is 0 Å². The fraction of sp³-hybridized carbons (Fsp3) is 0.476. The van der Waals surface area contributed by atoms with Crippen LogP contribution in [0.2, 0.25) is 0 Å². The van der Waals surface area contributed by atoms with Crippen molar-refractivity contribution in [2.45, 2.75) is 64.5 Å². The van der Waals surface area contributed by atoms with E-state index < -0.39 is 11.7 Å². The number of hydrogen-bond donors (Lipinski definition) is 0. The van der Waals surface area contributed by atoms with Gasteiger partial charge in [0, 0.05) is 0 Å². The lowest BCUT2D eigenvalue weighted by molar-refractivity contribution is -0.0884. The quantitative estimate of drug-likeness (QED) is 0.446. The van der Waals surface area contributed by atoms with E-state index in [-0.39, 0.29) is 0 Å². The van der Waals surface area contributed by atoms with Gasteiger partial charge in [0.15, 0.2) is 0 Å². The average molecular weight is 335 g/mol. The summed E-state index contributed by atoms with van der Waals surface area (Å²) in [6.07, 6.45) is 9.04. The predicted octanol–water partition coefficient (Wildman–Crippen LogP) is 7.07. The Morgan fingerprint density at radius 3 is 2.25 bits per heavy atom. The second kappa shape index (κ2) is 9.10. The monoisotopic (exact) mass is 335 g/mol. The van der Waals surface area contributed by atoms with Gasteiger partial charge in [-0.05, 0) is 48.5 Å². The van der Waals surface area contributed by atoms with E-state index in [0.29, 0.717) is 12.0 Å². The summed E-state index contributed by atoms with van der Waals surface area (Å²) in [5, 5.41) is 0. The normalized spacial score (nSPS) is 15.2. The highest BCUT2D eigenvalue weighted by molar-refractivity contribution is 5.76. The van der Waals surface area contributed by atoms with E-state index in [9.17, 15) is 13.2 Å². The number of benzene rings is 1. The van der Waals surface area contributed by atoms with Crippen molar-refractivity contribution < 1.29 is 13.2 Å². The minimum absolute atomic E-state index is 0.334. The summed E-state index contributed by atoms with van der Waals surface area (Å²) in [5.74, 6) is 0. The van der Waals surface area contributed by atoms with E-state index in [1.807, 2.05) is 30.7 Å². The van der Waals surface area contributed by atoms with E-state index in [2.05, 4.69) is 6.92 Å². The van der Waals surface area contributed by atoms with Gasteiger partial charge in [-0.1, -0.05) is 69.4 Å². The number of aryl methyl sites for hydroxylation is 1. The lowest BCUT2D eigenvalue weighted by Crippen LogP contribution is -2.12. The first kappa shape index (κ1) is 18.8. The van der Waals surface area contributed by atoms with Crippen molar-refractivity contribution in [2.75, 3.05) is 0 Å². The number of allylic oxidation sites excluding steroid dienone is 4. The third-order valence-corrected chi connectivity index (χ3v) is 4.42. The molecule has 0 fully saturated rings. The molecule has 0 saturated carbocycles. The maximum Gasteiger partial charge on any atom is 0.416 e. The van der Waals surface area contributed by atoms with Crippen LogP contribution in [0, 0.1) is 6.42 Å². The van der Waals surface area contributed by atoms with E-state index >= 15 is 0 Å². The highest BCUT2D eigenvalue weighted by atomic mass is 19.4. The van der Waals surface area contributed by atoms with Crippen molar-refractivity contribution in [3.05, 3.63) is 59.5 Å². The van der Waals surface area contributed by atoms with Crippen LogP contribution in [0.5, 0.6) is 0 Å². The molecule has 0 saturated heterocycles. The maximum atomic E-state index is 12.8. The van der Waals surface area contributed by atoms with E-state index in [4.69, 9.17) is 0 Å². The third kappa shape index (κ3) is 5.85. The first-order valence-electron chi connectivity index (χ1n) is 8.92. The average Bonchev–Trinajstić information content (AvgIpc) is 2.58. The smallest absolute Gasteiger partial charge is 0.166 e. The summed E-state index contributed by atoms with van der Waals surface area (Å²) in [4.78, 5) is 0. The number of unbranched alkanes of at least 4 members (excludes halogenated alkanes) is 5. The molecule has 0 bridgehead atoms. The maximum absolute atomic E-state index is 12.8. The van der Waals surface area contributed by atoms with Gasteiger partial charge >= 0.3 is 6.18 Å². The molecule has 1 radical (unpaired) electrons. The minimum atomic E-state index is -4.27. The van der Waals surface area contributed by atoms with E-state index in [0.717, 1.165) is 12.0 Å². The van der Waals surface area contributed by atoms with Crippen LogP contribution >= 0.6 is 0 Å². The molecule has 0 heterocycles. The van der Waals surface area contributed by atoms with Crippen LogP contribution in [0.25, 0.3) is 5.57 Å². The second-order valence-corrected chi connectivity index (χ2v) is 6.41. The Morgan fingerprint density at radius 2 is 1.58 bits per heavy atom. The van der Waals surface area contributed by atoms with Gasteiger partial charge in [-0.15, -0.1) is 0 Å². The standard InChI is InChI=1S/C21H26F3/c1-2-3-4-5-6-7-9-17-12-14-18(15-13-17)19-10-8-11-20(16-19)21(22,23)24/h10-16H,2-9H2,1H3. The Kier molecular flexibility index (Phi) is 7.14. The SMILES string of the molecule is CCCCCCCCc1ccc(C2=CC(C(F)(F)F)=CC[CH]2)cc1. The fourth-order valence-corrected chi connectivity index (χ4v) is 2.97. The van der Waals surface area contributed by atoms with Crippen molar-refractivity contribution in [2.24, 2.45) is 0 Å². The van der Waals surface area contributed by atoms with Crippen LogP contribution in [0.1, 0.15) is 63.0 Å². The molecule has 1 aromatic carbocycles. The summed E-state index contributed by atoms with van der Waals surface area (Å²) in [6.45, 7) is 2.22. The van der Waals surface area contributed by atoms with Gasteiger partial charge in [-0.25, -0.2) is 0 Å². The van der Waals surface area contributed by atoms with Crippen molar-refractivity contribution in [1.82, 2.24) is 0 Å². The molecule has 0 spiro atoms. The van der Waals surface area contributed by atoms with Gasteiger partial charge in [0.05, 0.1) is 5.57 Å². The topological polar surface area (TPSA) is 0 Å². The van der Waals surface area contributed by atoms with Crippen LogP contribution < -0.4 is 0 Å². The zero-order valence-electron chi connectivity index (χ0n) is 14.3. The molecule has 0 aliphatic heterocycles. The summed E-state index contributed by atoms with van der Waals surface area (Å²) in [6, 6.07) is 7.96. The molecule has 1 aromatic rings. The Labute approximate surface area is 143 Å². The highest BCUT2D eigenvalue weighted by Crippen LogP contribution is 2.34. The van der Waals surface area contributed by atoms with E-state index in [1.165, 1.54) is 56.2 Å². The molecule has 1 aliphatic carbocycles. The zero-order valence-corrected chi connectivity index (χ0v) is 14.3. The first-order chi connectivity index (χ1) is 11.5. The number of hydrogen-bond acceptors (Lipinski definition) is 0. The molecule has 2 rings (SSSR count). The summed E-state index contributed by atoms with van der Waals surface area (Å²) in [5.41, 5.74) is 2.24. The molecular formula is C21H26F3. The molecule has 3 heteroatoms. The first-order valence-corrected chi connectivity index (χ1v) is 8.92. The van der Waals surface area contributed by atoms with Crippen molar-refractivity contribution in [1.29, 1.82) is 0 Å². The zero-order chi connectivity index (χ0) is 17.4.